The molecule has 2 atom stereocenters. The minimum atomic E-state index is 0.637. The third-order valence-electron chi connectivity index (χ3n) is 3.80. The molecule has 0 aliphatic carbocycles. The molecule has 0 saturated carbocycles. The van der Waals surface area contributed by atoms with E-state index in [1.54, 1.807) is 0 Å². The molecule has 2 heterocycles. The van der Waals surface area contributed by atoms with Crippen LogP contribution in [0.5, 0.6) is 0 Å². The van der Waals surface area contributed by atoms with Gasteiger partial charge in [-0.05, 0) is 25.6 Å². The number of rotatable bonds is 5. The summed E-state index contributed by atoms with van der Waals surface area (Å²) in [5.74, 6) is 1.24. The molecule has 1 aliphatic heterocycles. The zero-order chi connectivity index (χ0) is 13.7. The van der Waals surface area contributed by atoms with Crippen molar-refractivity contribution in [2.75, 3.05) is 18.8 Å². The van der Waals surface area contributed by atoms with Crippen LogP contribution in [0.15, 0.2) is 18.2 Å². The molecule has 2 rings (SSSR count). The van der Waals surface area contributed by atoms with E-state index in [-0.39, 0.29) is 0 Å². The van der Waals surface area contributed by atoms with Crippen LogP contribution in [-0.2, 0) is 13.1 Å². The summed E-state index contributed by atoms with van der Waals surface area (Å²) in [4.78, 5) is 7.31. The van der Waals surface area contributed by atoms with E-state index in [1.165, 1.54) is 18.0 Å². The topological polar surface area (TPSA) is 28.2 Å². The molecule has 19 heavy (non-hydrogen) atoms. The standard InChI is InChI=1S/C15H25N3S/c1-4-16-10-14-6-5-7-15(17-14)11-18-8-9-19-13(3)12(18)2/h5-7,12-13,16H,4,8-11H2,1-3H3. The summed E-state index contributed by atoms with van der Waals surface area (Å²) in [5.41, 5.74) is 2.34. The maximum Gasteiger partial charge on any atom is 0.0547 e. The fourth-order valence-electron chi connectivity index (χ4n) is 2.40. The fourth-order valence-corrected chi connectivity index (χ4v) is 3.56. The summed E-state index contributed by atoms with van der Waals surface area (Å²) in [6, 6.07) is 7.01. The third kappa shape index (κ3) is 4.20. The third-order valence-corrected chi connectivity index (χ3v) is 5.14. The van der Waals surface area contributed by atoms with Crippen molar-refractivity contribution in [3.63, 3.8) is 0 Å². The Kier molecular flexibility index (Phi) is 5.67. The number of nitrogens with one attached hydrogen (secondary N) is 1. The van der Waals surface area contributed by atoms with Gasteiger partial charge in [-0.1, -0.05) is 19.9 Å². The molecule has 1 aliphatic rings. The molecule has 2 unspecified atom stereocenters. The molecule has 1 aromatic rings. The molecule has 1 saturated heterocycles. The van der Waals surface area contributed by atoms with Crippen LogP contribution in [0.3, 0.4) is 0 Å². The predicted octanol–water partition coefficient (Wildman–Crippen LogP) is 2.52. The molecule has 0 spiro atoms. The first-order valence-electron chi connectivity index (χ1n) is 7.22. The van der Waals surface area contributed by atoms with Gasteiger partial charge in [0, 0.05) is 36.7 Å². The lowest BCUT2D eigenvalue weighted by Gasteiger charge is -2.37. The molecule has 0 amide bonds. The first-order chi connectivity index (χ1) is 9.20. The number of aromatic nitrogens is 1. The van der Waals surface area contributed by atoms with Gasteiger partial charge < -0.3 is 5.32 Å². The van der Waals surface area contributed by atoms with Crippen LogP contribution in [0, 0.1) is 0 Å². The van der Waals surface area contributed by atoms with Gasteiger partial charge in [-0.3, -0.25) is 9.88 Å². The first-order valence-corrected chi connectivity index (χ1v) is 8.26. The van der Waals surface area contributed by atoms with E-state index in [0.29, 0.717) is 6.04 Å². The Morgan fingerprint density at radius 3 is 2.95 bits per heavy atom. The van der Waals surface area contributed by atoms with Crippen molar-refractivity contribution in [1.29, 1.82) is 0 Å². The lowest BCUT2D eigenvalue weighted by atomic mass is 10.2. The van der Waals surface area contributed by atoms with Crippen molar-refractivity contribution in [3.8, 4) is 0 Å². The van der Waals surface area contributed by atoms with Crippen molar-refractivity contribution in [2.24, 2.45) is 0 Å². The summed E-state index contributed by atoms with van der Waals surface area (Å²) in [5, 5.41) is 4.05. The van der Waals surface area contributed by atoms with Gasteiger partial charge in [-0.15, -0.1) is 0 Å². The van der Waals surface area contributed by atoms with Crippen molar-refractivity contribution < 1.29 is 0 Å². The highest BCUT2D eigenvalue weighted by molar-refractivity contribution is 8.00. The van der Waals surface area contributed by atoms with Crippen LogP contribution >= 0.6 is 11.8 Å². The second-order valence-corrected chi connectivity index (χ2v) is 6.67. The molecule has 1 fully saturated rings. The number of thioether (sulfide) groups is 1. The monoisotopic (exact) mass is 279 g/mol. The number of hydrogen-bond acceptors (Lipinski definition) is 4. The van der Waals surface area contributed by atoms with Gasteiger partial charge in [0.25, 0.3) is 0 Å². The molecular formula is C15H25N3S. The predicted molar refractivity (Wildman–Crippen MR) is 83.4 cm³/mol. The Bertz CT molecular complexity index is 397. The Balaban J connectivity index is 1.98. The second kappa shape index (κ2) is 7.27. The summed E-state index contributed by atoms with van der Waals surface area (Å²) in [6.07, 6.45) is 0. The Labute approximate surface area is 121 Å². The van der Waals surface area contributed by atoms with Gasteiger partial charge in [0.2, 0.25) is 0 Å². The first kappa shape index (κ1) is 14.8. The summed E-state index contributed by atoms with van der Waals surface area (Å²) < 4.78 is 0. The minimum absolute atomic E-state index is 0.637. The number of nitrogens with zero attached hydrogens (tertiary/aromatic N) is 2. The highest BCUT2D eigenvalue weighted by Gasteiger charge is 2.25. The molecule has 3 nitrogen and oxygen atoms in total. The van der Waals surface area contributed by atoms with Gasteiger partial charge in [-0.25, -0.2) is 0 Å². The summed E-state index contributed by atoms with van der Waals surface area (Å²) in [6.45, 7) is 10.8. The van der Waals surface area contributed by atoms with E-state index in [2.05, 4.69) is 60.9 Å². The minimum Gasteiger partial charge on any atom is -0.311 e. The smallest absolute Gasteiger partial charge is 0.0547 e. The lowest BCUT2D eigenvalue weighted by Crippen LogP contribution is -2.44. The van der Waals surface area contributed by atoms with Crippen molar-refractivity contribution in [2.45, 2.75) is 45.2 Å². The van der Waals surface area contributed by atoms with Gasteiger partial charge in [0.1, 0.15) is 0 Å². The van der Waals surface area contributed by atoms with Crippen LogP contribution in [-0.4, -0.2) is 40.0 Å². The van der Waals surface area contributed by atoms with Gasteiger partial charge in [-0.2, -0.15) is 11.8 Å². The SMILES string of the molecule is CCNCc1cccc(CN2CCSC(C)C2C)n1. The average Bonchev–Trinajstić information content (AvgIpc) is 2.42. The lowest BCUT2D eigenvalue weighted by molar-refractivity contribution is 0.202. The molecule has 0 radical (unpaired) electrons. The maximum absolute atomic E-state index is 4.75. The largest absolute Gasteiger partial charge is 0.311 e. The number of hydrogen-bond donors (Lipinski definition) is 1. The molecule has 4 heteroatoms. The maximum atomic E-state index is 4.75. The molecular weight excluding hydrogens is 254 g/mol. The molecule has 0 aromatic carbocycles. The normalized spacial score (nSPS) is 24.6. The number of pyridine rings is 1. The highest BCUT2D eigenvalue weighted by Crippen LogP contribution is 2.25. The summed E-state index contributed by atoms with van der Waals surface area (Å²) in [7, 11) is 0. The van der Waals surface area contributed by atoms with Crippen LogP contribution in [0.4, 0.5) is 0 Å². The average molecular weight is 279 g/mol. The molecule has 1 N–H and O–H groups in total. The fraction of sp³-hybridized carbons (Fsp3) is 0.667. The zero-order valence-corrected chi connectivity index (χ0v) is 13.0. The molecule has 0 bridgehead atoms. The summed E-state index contributed by atoms with van der Waals surface area (Å²) >= 11 is 2.08. The van der Waals surface area contributed by atoms with Crippen LogP contribution < -0.4 is 5.32 Å². The Morgan fingerprint density at radius 1 is 1.37 bits per heavy atom. The van der Waals surface area contributed by atoms with Gasteiger partial charge >= 0.3 is 0 Å². The van der Waals surface area contributed by atoms with Crippen LogP contribution in [0.25, 0.3) is 0 Å². The van der Waals surface area contributed by atoms with Crippen LogP contribution in [0.2, 0.25) is 0 Å². The van der Waals surface area contributed by atoms with Crippen molar-refractivity contribution in [1.82, 2.24) is 15.2 Å². The van der Waals surface area contributed by atoms with E-state index < -0.39 is 0 Å². The van der Waals surface area contributed by atoms with E-state index in [4.69, 9.17) is 4.98 Å². The zero-order valence-electron chi connectivity index (χ0n) is 12.2. The highest BCUT2D eigenvalue weighted by atomic mass is 32.2. The van der Waals surface area contributed by atoms with E-state index in [0.717, 1.165) is 30.6 Å². The van der Waals surface area contributed by atoms with Crippen molar-refractivity contribution in [3.05, 3.63) is 29.6 Å². The van der Waals surface area contributed by atoms with E-state index in [1.807, 2.05) is 0 Å². The van der Waals surface area contributed by atoms with E-state index in [9.17, 15) is 0 Å². The molecule has 106 valence electrons. The van der Waals surface area contributed by atoms with Gasteiger partial charge in [0.15, 0.2) is 0 Å². The Hall–Kier alpha value is -0.580. The quantitative estimate of drug-likeness (QED) is 0.896. The second-order valence-electron chi connectivity index (χ2n) is 5.19. The van der Waals surface area contributed by atoms with Crippen molar-refractivity contribution >= 4 is 11.8 Å². The Morgan fingerprint density at radius 2 is 2.16 bits per heavy atom. The molecule has 1 aromatic heterocycles. The van der Waals surface area contributed by atoms with Gasteiger partial charge in [0.05, 0.1) is 11.4 Å². The van der Waals surface area contributed by atoms with Crippen LogP contribution in [0.1, 0.15) is 32.2 Å². The van der Waals surface area contributed by atoms with E-state index >= 15 is 0 Å².